The second kappa shape index (κ2) is 3.54. The maximum atomic E-state index is 11.3. The Balaban J connectivity index is 1.98. The summed E-state index contributed by atoms with van der Waals surface area (Å²) in [7, 11) is 3.33. The van der Waals surface area contributed by atoms with E-state index in [9.17, 15) is 4.79 Å². The highest BCUT2D eigenvalue weighted by Gasteiger charge is 2.31. The van der Waals surface area contributed by atoms with E-state index in [1.165, 1.54) is 0 Å². The van der Waals surface area contributed by atoms with Gasteiger partial charge in [-0.15, -0.1) is 0 Å². The lowest BCUT2D eigenvalue weighted by molar-refractivity contribution is -0.116. The lowest BCUT2D eigenvalue weighted by atomic mass is 10.1. The van der Waals surface area contributed by atoms with Gasteiger partial charge >= 0.3 is 0 Å². The first kappa shape index (κ1) is 8.20. The van der Waals surface area contributed by atoms with Gasteiger partial charge in [0.15, 0.2) is 5.78 Å². The number of rotatable bonds is 3. The summed E-state index contributed by atoms with van der Waals surface area (Å²) in [6, 6.07) is 9.89. The van der Waals surface area contributed by atoms with Crippen LogP contribution in [0.15, 0.2) is 30.3 Å². The molecule has 2 rings (SSSR count). The SMILES string of the molecule is O=C(Cc1ccccc1)C1SS1. The summed E-state index contributed by atoms with van der Waals surface area (Å²) in [5.74, 6) is 0.344. The van der Waals surface area contributed by atoms with Crippen LogP contribution in [0.2, 0.25) is 0 Å². The average molecular weight is 196 g/mol. The third kappa shape index (κ3) is 2.05. The predicted octanol–water partition coefficient (Wildman–Crippen LogP) is 2.52. The largest absolute Gasteiger partial charge is 0.297 e. The van der Waals surface area contributed by atoms with Gasteiger partial charge in [-0.25, -0.2) is 0 Å². The third-order valence-corrected chi connectivity index (χ3v) is 3.74. The van der Waals surface area contributed by atoms with Crippen molar-refractivity contribution in [2.75, 3.05) is 0 Å². The monoisotopic (exact) mass is 196 g/mol. The minimum absolute atomic E-state index is 0.227. The summed E-state index contributed by atoms with van der Waals surface area (Å²) < 4.78 is 0.227. The average Bonchev–Trinajstić information content (AvgIpc) is 2.88. The Bertz CT molecular complexity index is 280. The van der Waals surface area contributed by atoms with Gasteiger partial charge in [0, 0.05) is 6.42 Å². The summed E-state index contributed by atoms with van der Waals surface area (Å²) in [6.07, 6.45) is 0.589. The highest BCUT2D eigenvalue weighted by Crippen LogP contribution is 2.53. The Morgan fingerprint density at radius 2 is 1.92 bits per heavy atom. The van der Waals surface area contributed by atoms with Crippen molar-refractivity contribution in [1.82, 2.24) is 0 Å². The van der Waals surface area contributed by atoms with Crippen LogP contribution in [0.25, 0.3) is 0 Å². The number of carbonyl (C=O) groups excluding carboxylic acids is 1. The molecular weight excluding hydrogens is 188 g/mol. The lowest BCUT2D eigenvalue weighted by Gasteiger charge is -1.96. The summed E-state index contributed by atoms with van der Waals surface area (Å²) in [5.41, 5.74) is 1.12. The zero-order valence-corrected chi connectivity index (χ0v) is 8.03. The molecule has 1 saturated heterocycles. The van der Waals surface area contributed by atoms with Crippen LogP contribution >= 0.6 is 21.6 Å². The van der Waals surface area contributed by atoms with Crippen LogP contribution in [0.4, 0.5) is 0 Å². The molecule has 0 aromatic heterocycles. The molecule has 1 aromatic rings. The standard InChI is InChI=1S/C9H8OS2/c10-8(9-11-12-9)6-7-4-2-1-3-5-7/h1-5,9H,6H2. The van der Waals surface area contributed by atoms with Crippen molar-refractivity contribution >= 4 is 27.4 Å². The van der Waals surface area contributed by atoms with E-state index < -0.39 is 0 Å². The normalized spacial score (nSPS) is 16.0. The van der Waals surface area contributed by atoms with Crippen LogP contribution < -0.4 is 0 Å². The Labute approximate surface area is 79.3 Å². The summed E-state index contributed by atoms with van der Waals surface area (Å²) in [6.45, 7) is 0. The molecule has 0 spiro atoms. The molecule has 0 N–H and O–H groups in total. The molecule has 3 heteroatoms. The fourth-order valence-corrected chi connectivity index (χ4v) is 2.26. The topological polar surface area (TPSA) is 17.1 Å². The molecular formula is C9H8OS2. The summed E-state index contributed by atoms with van der Waals surface area (Å²) >= 11 is 0. The number of hydrogen-bond donors (Lipinski definition) is 0. The van der Waals surface area contributed by atoms with Crippen molar-refractivity contribution in [1.29, 1.82) is 0 Å². The number of benzene rings is 1. The van der Waals surface area contributed by atoms with Crippen molar-refractivity contribution in [3.05, 3.63) is 35.9 Å². The molecule has 1 aliphatic heterocycles. The van der Waals surface area contributed by atoms with E-state index in [0.29, 0.717) is 12.2 Å². The molecule has 1 aliphatic rings. The second-order valence-corrected chi connectivity index (χ2v) is 5.43. The fourth-order valence-electron chi connectivity index (χ4n) is 1.02. The van der Waals surface area contributed by atoms with E-state index in [0.717, 1.165) is 5.56 Å². The van der Waals surface area contributed by atoms with Crippen LogP contribution in [0, 0.1) is 0 Å². The van der Waals surface area contributed by atoms with Crippen molar-refractivity contribution in [2.45, 2.75) is 11.0 Å². The highest BCUT2D eigenvalue weighted by molar-refractivity contribution is 8.93. The molecule has 0 bridgehead atoms. The Morgan fingerprint density at radius 1 is 1.25 bits per heavy atom. The summed E-state index contributed by atoms with van der Waals surface area (Å²) in [4.78, 5) is 11.3. The molecule has 62 valence electrons. The maximum Gasteiger partial charge on any atom is 0.161 e. The number of hydrogen-bond acceptors (Lipinski definition) is 3. The highest BCUT2D eigenvalue weighted by atomic mass is 33.2. The van der Waals surface area contributed by atoms with E-state index in [4.69, 9.17) is 0 Å². The molecule has 1 aromatic carbocycles. The molecule has 1 fully saturated rings. The molecule has 0 radical (unpaired) electrons. The van der Waals surface area contributed by atoms with Gasteiger partial charge in [0.2, 0.25) is 0 Å². The Morgan fingerprint density at radius 3 is 2.50 bits per heavy atom. The molecule has 0 aliphatic carbocycles. The fraction of sp³-hybridized carbons (Fsp3) is 0.222. The first-order valence-electron chi connectivity index (χ1n) is 3.75. The van der Waals surface area contributed by atoms with E-state index >= 15 is 0 Å². The number of carbonyl (C=O) groups is 1. The molecule has 0 unspecified atom stereocenters. The zero-order valence-electron chi connectivity index (χ0n) is 6.40. The van der Waals surface area contributed by atoms with Crippen LogP contribution in [0.3, 0.4) is 0 Å². The van der Waals surface area contributed by atoms with Gasteiger partial charge in [-0.2, -0.15) is 0 Å². The van der Waals surface area contributed by atoms with Gasteiger partial charge in [-0.05, 0) is 5.56 Å². The van der Waals surface area contributed by atoms with Gasteiger partial charge < -0.3 is 0 Å². The first-order chi connectivity index (χ1) is 5.86. The van der Waals surface area contributed by atoms with Gasteiger partial charge in [0.25, 0.3) is 0 Å². The Hall–Kier alpha value is -0.410. The predicted molar refractivity (Wildman–Crippen MR) is 54.1 cm³/mol. The second-order valence-electron chi connectivity index (χ2n) is 2.65. The van der Waals surface area contributed by atoms with Crippen molar-refractivity contribution in [3.8, 4) is 0 Å². The van der Waals surface area contributed by atoms with Crippen LogP contribution in [0.1, 0.15) is 5.56 Å². The van der Waals surface area contributed by atoms with Crippen LogP contribution in [0.5, 0.6) is 0 Å². The smallest absolute Gasteiger partial charge is 0.161 e. The zero-order chi connectivity index (χ0) is 8.39. The molecule has 1 nitrogen and oxygen atoms in total. The molecule has 1 heterocycles. The minimum atomic E-state index is 0.227. The van der Waals surface area contributed by atoms with Crippen molar-refractivity contribution in [3.63, 3.8) is 0 Å². The van der Waals surface area contributed by atoms with E-state index in [-0.39, 0.29) is 4.58 Å². The van der Waals surface area contributed by atoms with E-state index in [1.807, 2.05) is 30.3 Å². The molecule has 0 amide bonds. The minimum Gasteiger partial charge on any atom is -0.297 e. The van der Waals surface area contributed by atoms with Gasteiger partial charge in [-0.3, -0.25) is 4.79 Å². The third-order valence-electron chi connectivity index (χ3n) is 1.68. The van der Waals surface area contributed by atoms with E-state index in [2.05, 4.69) is 0 Å². The quantitative estimate of drug-likeness (QED) is 0.546. The molecule has 12 heavy (non-hydrogen) atoms. The number of Topliss-reactive ketones (excluding diaryl/α,β-unsaturated/α-hetero) is 1. The number of ketones is 1. The van der Waals surface area contributed by atoms with Crippen LogP contribution in [-0.4, -0.2) is 10.4 Å². The van der Waals surface area contributed by atoms with E-state index in [1.54, 1.807) is 21.6 Å². The van der Waals surface area contributed by atoms with Gasteiger partial charge in [0.05, 0.1) is 0 Å². The molecule has 0 saturated carbocycles. The van der Waals surface area contributed by atoms with Crippen molar-refractivity contribution in [2.24, 2.45) is 0 Å². The maximum absolute atomic E-state index is 11.3. The van der Waals surface area contributed by atoms with Gasteiger partial charge in [-0.1, -0.05) is 51.9 Å². The van der Waals surface area contributed by atoms with Crippen LogP contribution in [-0.2, 0) is 11.2 Å². The van der Waals surface area contributed by atoms with Crippen molar-refractivity contribution < 1.29 is 4.79 Å². The van der Waals surface area contributed by atoms with Gasteiger partial charge in [0.1, 0.15) is 4.58 Å². The molecule has 0 atom stereocenters. The first-order valence-corrected chi connectivity index (χ1v) is 6.02. The Kier molecular flexibility index (Phi) is 2.42. The lowest BCUT2D eigenvalue weighted by Crippen LogP contribution is -2.06. The summed E-state index contributed by atoms with van der Waals surface area (Å²) in [5, 5.41) is 0.